The summed E-state index contributed by atoms with van der Waals surface area (Å²) >= 11 is 0. The van der Waals surface area contributed by atoms with Crippen LogP contribution in [0.2, 0.25) is 0 Å². The Morgan fingerprint density at radius 1 is 1.04 bits per heavy atom. The third-order valence-electron chi connectivity index (χ3n) is 4.78. The van der Waals surface area contributed by atoms with Gasteiger partial charge in [0.15, 0.2) is 0 Å². The van der Waals surface area contributed by atoms with Crippen LogP contribution in [0.4, 0.5) is 0 Å². The standard InChI is InChI=1S/C21H27NO.ClH/c1-2-8-18-11-6-7-12-21(18)23-16-19-15-22-14-13-20(19)17-9-4-3-5-10-17;/h3-7,9-12,19-20,22H,2,8,13-16H2,1H3;1H/t19-,20+;/m0./s1. The Hall–Kier alpha value is -1.51. The Kier molecular flexibility index (Phi) is 7.61. The second-order valence-electron chi connectivity index (χ2n) is 6.44. The van der Waals surface area contributed by atoms with E-state index in [1.807, 2.05) is 0 Å². The lowest BCUT2D eigenvalue weighted by Crippen LogP contribution is -2.38. The second kappa shape index (κ2) is 9.71. The van der Waals surface area contributed by atoms with Gasteiger partial charge >= 0.3 is 0 Å². The molecule has 1 saturated heterocycles. The molecular formula is C21H28ClNO. The van der Waals surface area contributed by atoms with Crippen molar-refractivity contribution < 1.29 is 4.74 Å². The molecule has 1 N–H and O–H groups in total. The number of hydrogen-bond donors (Lipinski definition) is 1. The SMILES string of the molecule is CCCc1ccccc1OC[C@@H]1CNCC[C@@H]1c1ccccc1.Cl. The fraction of sp³-hybridized carbons (Fsp3) is 0.429. The molecule has 1 aliphatic rings. The number of halogens is 1. The minimum atomic E-state index is 0. The van der Waals surface area contributed by atoms with Gasteiger partial charge in [-0.1, -0.05) is 61.9 Å². The summed E-state index contributed by atoms with van der Waals surface area (Å²) in [6.07, 6.45) is 3.42. The Morgan fingerprint density at radius 3 is 2.58 bits per heavy atom. The smallest absolute Gasteiger partial charge is 0.122 e. The van der Waals surface area contributed by atoms with E-state index < -0.39 is 0 Å². The molecule has 130 valence electrons. The molecule has 2 aromatic carbocycles. The molecule has 1 aliphatic heterocycles. The first-order valence-corrected chi connectivity index (χ1v) is 8.85. The molecule has 24 heavy (non-hydrogen) atoms. The first-order chi connectivity index (χ1) is 11.4. The molecule has 3 heteroatoms. The highest BCUT2D eigenvalue weighted by atomic mass is 35.5. The van der Waals surface area contributed by atoms with Gasteiger partial charge in [-0.25, -0.2) is 0 Å². The maximum atomic E-state index is 6.24. The van der Waals surface area contributed by atoms with Gasteiger partial charge in [0, 0.05) is 12.5 Å². The van der Waals surface area contributed by atoms with Crippen LogP contribution < -0.4 is 10.1 Å². The van der Waals surface area contributed by atoms with Crippen LogP contribution in [0.5, 0.6) is 5.75 Å². The van der Waals surface area contributed by atoms with Crippen LogP contribution in [-0.4, -0.2) is 19.7 Å². The maximum Gasteiger partial charge on any atom is 0.122 e. The van der Waals surface area contributed by atoms with Gasteiger partial charge in [-0.15, -0.1) is 12.4 Å². The number of piperidine rings is 1. The van der Waals surface area contributed by atoms with Crippen molar-refractivity contribution in [1.29, 1.82) is 0 Å². The van der Waals surface area contributed by atoms with Gasteiger partial charge in [0.25, 0.3) is 0 Å². The van der Waals surface area contributed by atoms with Crippen LogP contribution in [0.3, 0.4) is 0 Å². The zero-order chi connectivity index (χ0) is 15.9. The molecule has 3 rings (SSSR count). The predicted molar refractivity (Wildman–Crippen MR) is 103 cm³/mol. The summed E-state index contributed by atoms with van der Waals surface area (Å²) in [5.74, 6) is 2.18. The molecule has 1 heterocycles. The average molecular weight is 346 g/mol. The Balaban J connectivity index is 0.00000208. The van der Waals surface area contributed by atoms with Crippen molar-refractivity contribution in [3.63, 3.8) is 0 Å². The molecule has 0 amide bonds. The number of para-hydroxylation sites is 1. The summed E-state index contributed by atoms with van der Waals surface area (Å²) in [7, 11) is 0. The summed E-state index contributed by atoms with van der Waals surface area (Å²) in [5, 5.41) is 3.53. The van der Waals surface area contributed by atoms with Crippen molar-refractivity contribution in [3.05, 3.63) is 65.7 Å². The van der Waals surface area contributed by atoms with Gasteiger partial charge in [-0.05, 0) is 42.5 Å². The molecule has 0 aliphatic carbocycles. The highest BCUT2D eigenvalue weighted by Crippen LogP contribution is 2.31. The normalized spacial score (nSPS) is 20.2. The maximum absolute atomic E-state index is 6.24. The van der Waals surface area contributed by atoms with Crippen LogP contribution in [0.1, 0.15) is 36.8 Å². The summed E-state index contributed by atoms with van der Waals surface area (Å²) in [4.78, 5) is 0. The number of aryl methyl sites for hydroxylation is 1. The number of nitrogens with one attached hydrogen (secondary N) is 1. The van der Waals surface area contributed by atoms with E-state index in [1.165, 1.54) is 17.5 Å². The van der Waals surface area contributed by atoms with Crippen LogP contribution in [0, 0.1) is 5.92 Å². The van der Waals surface area contributed by atoms with Gasteiger partial charge in [-0.3, -0.25) is 0 Å². The van der Waals surface area contributed by atoms with Crippen LogP contribution in [0.25, 0.3) is 0 Å². The summed E-state index contributed by atoms with van der Waals surface area (Å²) in [6.45, 7) is 5.14. The molecule has 0 saturated carbocycles. The van der Waals surface area contributed by atoms with E-state index in [9.17, 15) is 0 Å². The van der Waals surface area contributed by atoms with Crippen molar-refractivity contribution in [1.82, 2.24) is 5.32 Å². The molecule has 1 fully saturated rings. The van der Waals surface area contributed by atoms with Crippen molar-refractivity contribution in [2.45, 2.75) is 32.1 Å². The van der Waals surface area contributed by atoms with Crippen molar-refractivity contribution in [2.75, 3.05) is 19.7 Å². The van der Waals surface area contributed by atoms with Gasteiger partial charge in [0.2, 0.25) is 0 Å². The highest BCUT2D eigenvalue weighted by Gasteiger charge is 2.27. The monoisotopic (exact) mass is 345 g/mol. The van der Waals surface area contributed by atoms with E-state index in [0.717, 1.165) is 38.3 Å². The fourth-order valence-electron chi connectivity index (χ4n) is 3.55. The van der Waals surface area contributed by atoms with E-state index in [0.29, 0.717) is 11.8 Å². The van der Waals surface area contributed by atoms with Crippen molar-refractivity contribution in [3.8, 4) is 5.75 Å². The molecule has 2 aromatic rings. The van der Waals surface area contributed by atoms with E-state index in [-0.39, 0.29) is 12.4 Å². The van der Waals surface area contributed by atoms with Gasteiger partial charge in [0.05, 0.1) is 6.61 Å². The Bertz CT molecular complexity index is 602. The zero-order valence-electron chi connectivity index (χ0n) is 14.4. The average Bonchev–Trinajstić information content (AvgIpc) is 2.62. The highest BCUT2D eigenvalue weighted by molar-refractivity contribution is 5.85. The summed E-state index contributed by atoms with van der Waals surface area (Å²) in [6, 6.07) is 19.4. The molecule has 0 aromatic heterocycles. The van der Waals surface area contributed by atoms with E-state index in [2.05, 4.69) is 66.8 Å². The first kappa shape index (κ1) is 18.8. The minimum absolute atomic E-state index is 0. The molecule has 0 radical (unpaired) electrons. The lowest BCUT2D eigenvalue weighted by molar-refractivity contribution is 0.195. The molecule has 2 atom stereocenters. The molecule has 0 unspecified atom stereocenters. The van der Waals surface area contributed by atoms with Crippen LogP contribution >= 0.6 is 12.4 Å². The van der Waals surface area contributed by atoms with E-state index in [1.54, 1.807) is 0 Å². The summed E-state index contributed by atoms with van der Waals surface area (Å²) < 4.78 is 6.24. The van der Waals surface area contributed by atoms with Crippen LogP contribution in [-0.2, 0) is 6.42 Å². The number of hydrogen-bond acceptors (Lipinski definition) is 2. The van der Waals surface area contributed by atoms with Crippen molar-refractivity contribution >= 4 is 12.4 Å². The van der Waals surface area contributed by atoms with E-state index in [4.69, 9.17) is 4.74 Å². The van der Waals surface area contributed by atoms with Gasteiger partial charge < -0.3 is 10.1 Å². The van der Waals surface area contributed by atoms with E-state index >= 15 is 0 Å². The number of benzene rings is 2. The van der Waals surface area contributed by atoms with Crippen LogP contribution in [0.15, 0.2) is 54.6 Å². The van der Waals surface area contributed by atoms with Gasteiger partial charge in [0.1, 0.15) is 5.75 Å². The summed E-state index contributed by atoms with van der Waals surface area (Å²) in [5.41, 5.74) is 2.78. The van der Waals surface area contributed by atoms with Crippen molar-refractivity contribution in [2.24, 2.45) is 5.92 Å². The lowest BCUT2D eigenvalue weighted by atomic mass is 9.81. The second-order valence-corrected chi connectivity index (χ2v) is 6.44. The molecule has 2 nitrogen and oxygen atoms in total. The minimum Gasteiger partial charge on any atom is -0.493 e. The fourth-order valence-corrected chi connectivity index (χ4v) is 3.55. The Labute approximate surface area is 152 Å². The third kappa shape index (κ3) is 4.75. The zero-order valence-corrected chi connectivity index (χ0v) is 15.2. The number of rotatable bonds is 6. The third-order valence-corrected chi connectivity index (χ3v) is 4.78. The molecular weight excluding hydrogens is 318 g/mol. The Morgan fingerprint density at radius 2 is 1.79 bits per heavy atom. The molecule has 0 spiro atoms. The topological polar surface area (TPSA) is 21.3 Å². The molecule has 0 bridgehead atoms. The first-order valence-electron chi connectivity index (χ1n) is 8.85. The quantitative estimate of drug-likeness (QED) is 0.809. The number of ether oxygens (including phenoxy) is 1. The lowest BCUT2D eigenvalue weighted by Gasteiger charge is -2.32. The largest absolute Gasteiger partial charge is 0.493 e. The predicted octanol–water partition coefficient (Wildman–Crippen LogP) is 4.83. The van der Waals surface area contributed by atoms with Gasteiger partial charge in [-0.2, -0.15) is 0 Å².